The maximum absolute atomic E-state index is 11.9. The average Bonchev–Trinajstić information content (AvgIpc) is 2.29. The fraction of sp³-hybridized carbons (Fsp3) is 0.538. The van der Waals surface area contributed by atoms with Gasteiger partial charge in [-0.2, -0.15) is 0 Å². The van der Waals surface area contributed by atoms with Crippen LogP contribution in [-0.2, 0) is 11.2 Å². The Morgan fingerprint density at radius 2 is 2.24 bits per heavy atom. The topological polar surface area (TPSA) is 68.0 Å². The van der Waals surface area contributed by atoms with Crippen LogP contribution in [0.25, 0.3) is 0 Å². The first-order chi connectivity index (χ1) is 7.98. The predicted molar refractivity (Wildman–Crippen MR) is 68.4 cm³/mol. The van der Waals surface area contributed by atoms with Gasteiger partial charge in [0.2, 0.25) is 5.91 Å². The highest BCUT2D eigenvalue weighted by Gasteiger charge is 2.28. The van der Waals surface area contributed by atoms with Gasteiger partial charge in [0.1, 0.15) is 0 Å². The second-order valence-electron chi connectivity index (χ2n) is 4.82. The van der Waals surface area contributed by atoms with Crippen molar-refractivity contribution in [1.82, 2.24) is 10.3 Å². The van der Waals surface area contributed by atoms with Crippen LogP contribution < -0.4 is 11.1 Å². The Kier molecular flexibility index (Phi) is 4.63. The number of hydrogen-bond donors (Lipinski definition) is 2. The Bertz CT molecular complexity index is 364. The maximum Gasteiger partial charge on any atom is 0.226 e. The van der Waals surface area contributed by atoms with E-state index in [4.69, 9.17) is 5.73 Å². The lowest BCUT2D eigenvalue weighted by Crippen LogP contribution is -2.55. The number of pyridine rings is 1. The van der Waals surface area contributed by atoms with Crippen molar-refractivity contribution in [2.24, 2.45) is 11.7 Å². The third-order valence-electron chi connectivity index (χ3n) is 3.19. The van der Waals surface area contributed by atoms with Crippen molar-refractivity contribution in [2.45, 2.75) is 32.7 Å². The Hall–Kier alpha value is -1.42. The summed E-state index contributed by atoms with van der Waals surface area (Å²) < 4.78 is 0. The minimum Gasteiger partial charge on any atom is -0.349 e. The molecule has 1 aromatic heterocycles. The molecule has 94 valence electrons. The third kappa shape index (κ3) is 3.82. The molecule has 0 radical (unpaired) electrons. The summed E-state index contributed by atoms with van der Waals surface area (Å²) in [5.74, 6) is 0.255. The molecular weight excluding hydrogens is 214 g/mol. The van der Waals surface area contributed by atoms with E-state index in [1.807, 2.05) is 39.0 Å². The molecule has 1 amide bonds. The third-order valence-corrected chi connectivity index (χ3v) is 3.19. The van der Waals surface area contributed by atoms with Crippen LogP contribution in [0.5, 0.6) is 0 Å². The molecule has 1 aromatic rings. The molecule has 4 heteroatoms. The summed E-state index contributed by atoms with van der Waals surface area (Å²) >= 11 is 0. The standard InChI is InChI=1S/C13H21N3O/c1-10(2)13(3,9-14)16-12(17)8-11-6-4-5-7-15-11/h4-7,10H,8-9,14H2,1-3H3,(H,16,17). The Balaban J connectivity index is 2.61. The molecule has 0 spiro atoms. The number of nitrogens with two attached hydrogens (primary N) is 1. The second kappa shape index (κ2) is 5.77. The molecule has 0 aromatic carbocycles. The summed E-state index contributed by atoms with van der Waals surface area (Å²) in [6.45, 7) is 6.49. The van der Waals surface area contributed by atoms with Gasteiger partial charge in [-0.1, -0.05) is 19.9 Å². The molecule has 1 unspecified atom stereocenters. The number of carbonyl (C=O) groups is 1. The Morgan fingerprint density at radius 3 is 2.71 bits per heavy atom. The molecule has 0 fully saturated rings. The number of hydrogen-bond acceptors (Lipinski definition) is 3. The summed E-state index contributed by atoms with van der Waals surface area (Å²) in [5.41, 5.74) is 6.14. The van der Waals surface area contributed by atoms with Gasteiger partial charge in [-0.05, 0) is 25.0 Å². The number of nitrogens with one attached hydrogen (secondary N) is 1. The van der Waals surface area contributed by atoms with Gasteiger partial charge in [0.25, 0.3) is 0 Å². The van der Waals surface area contributed by atoms with E-state index in [1.54, 1.807) is 6.20 Å². The van der Waals surface area contributed by atoms with Crippen LogP contribution >= 0.6 is 0 Å². The van der Waals surface area contributed by atoms with Crippen molar-refractivity contribution in [3.05, 3.63) is 30.1 Å². The second-order valence-corrected chi connectivity index (χ2v) is 4.82. The molecule has 4 nitrogen and oxygen atoms in total. The van der Waals surface area contributed by atoms with Crippen LogP contribution in [-0.4, -0.2) is 23.0 Å². The Morgan fingerprint density at radius 1 is 1.53 bits per heavy atom. The van der Waals surface area contributed by atoms with Crippen LogP contribution in [0.2, 0.25) is 0 Å². The normalized spacial score (nSPS) is 14.4. The average molecular weight is 235 g/mol. The molecule has 0 saturated heterocycles. The molecule has 0 aliphatic heterocycles. The van der Waals surface area contributed by atoms with E-state index < -0.39 is 0 Å². The van der Waals surface area contributed by atoms with Crippen LogP contribution in [0.3, 0.4) is 0 Å². The van der Waals surface area contributed by atoms with E-state index in [0.29, 0.717) is 18.9 Å². The molecular formula is C13H21N3O. The molecule has 1 heterocycles. The molecule has 0 saturated carbocycles. The zero-order valence-electron chi connectivity index (χ0n) is 10.7. The van der Waals surface area contributed by atoms with Gasteiger partial charge in [-0.3, -0.25) is 9.78 Å². The highest BCUT2D eigenvalue weighted by Crippen LogP contribution is 2.14. The van der Waals surface area contributed by atoms with Gasteiger partial charge in [-0.25, -0.2) is 0 Å². The van der Waals surface area contributed by atoms with E-state index in [1.165, 1.54) is 0 Å². The van der Waals surface area contributed by atoms with E-state index in [2.05, 4.69) is 10.3 Å². The van der Waals surface area contributed by atoms with Gasteiger partial charge in [-0.15, -0.1) is 0 Å². The minimum absolute atomic E-state index is 0.0367. The first-order valence-electron chi connectivity index (χ1n) is 5.89. The van der Waals surface area contributed by atoms with E-state index in [0.717, 1.165) is 5.69 Å². The predicted octanol–water partition coefficient (Wildman–Crippen LogP) is 1.11. The summed E-state index contributed by atoms with van der Waals surface area (Å²) in [5, 5.41) is 2.99. The summed E-state index contributed by atoms with van der Waals surface area (Å²) in [7, 11) is 0. The molecule has 1 atom stereocenters. The lowest BCUT2D eigenvalue weighted by Gasteiger charge is -2.33. The SMILES string of the molecule is CC(C)C(C)(CN)NC(=O)Cc1ccccn1. The summed E-state index contributed by atoms with van der Waals surface area (Å²) in [4.78, 5) is 16.0. The van der Waals surface area contributed by atoms with Crippen molar-refractivity contribution in [1.29, 1.82) is 0 Å². The number of aromatic nitrogens is 1. The smallest absolute Gasteiger partial charge is 0.226 e. The van der Waals surface area contributed by atoms with Gasteiger partial charge in [0.15, 0.2) is 0 Å². The zero-order valence-corrected chi connectivity index (χ0v) is 10.7. The quantitative estimate of drug-likeness (QED) is 0.803. The van der Waals surface area contributed by atoms with Gasteiger partial charge >= 0.3 is 0 Å². The van der Waals surface area contributed by atoms with Crippen LogP contribution in [0, 0.1) is 5.92 Å². The lowest BCUT2D eigenvalue weighted by atomic mass is 9.88. The number of amides is 1. The van der Waals surface area contributed by atoms with E-state index >= 15 is 0 Å². The van der Waals surface area contributed by atoms with E-state index in [-0.39, 0.29) is 11.4 Å². The molecule has 0 bridgehead atoms. The molecule has 1 rings (SSSR count). The largest absolute Gasteiger partial charge is 0.349 e. The Labute approximate surface area is 103 Å². The van der Waals surface area contributed by atoms with Crippen LogP contribution in [0.4, 0.5) is 0 Å². The van der Waals surface area contributed by atoms with Crippen molar-refractivity contribution in [2.75, 3.05) is 6.54 Å². The van der Waals surface area contributed by atoms with Gasteiger partial charge in [0.05, 0.1) is 12.0 Å². The molecule has 0 aliphatic carbocycles. The monoisotopic (exact) mass is 235 g/mol. The number of rotatable bonds is 5. The minimum atomic E-state index is -0.355. The zero-order chi connectivity index (χ0) is 12.9. The fourth-order valence-corrected chi connectivity index (χ4v) is 1.46. The first kappa shape index (κ1) is 13.6. The van der Waals surface area contributed by atoms with Crippen molar-refractivity contribution >= 4 is 5.91 Å². The van der Waals surface area contributed by atoms with Crippen molar-refractivity contribution < 1.29 is 4.79 Å². The van der Waals surface area contributed by atoms with Crippen molar-refractivity contribution in [3.8, 4) is 0 Å². The lowest BCUT2D eigenvalue weighted by molar-refractivity contribution is -0.122. The van der Waals surface area contributed by atoms with Crippen LogP contribution in [0.1, 0.15) is 26.5 Å². The maximum atomic E-state index is 11.9. The van der Waals surface area contributed by atoms with Crippen molar-refractivity contribution in [3.63, 3.8) is 0 Å². The first-order valence-corrected chi connectivity index (χ1v) is 5.89. The van der Waals surface area contributed by atoms with E-state index in [9.17, 15) is 4.79 Å². The number of carbonyl (C=O) groups excluding carboxylic acids is 1. The molecule has 17 heavy (non-hydrogen) atoms. The molecule has 3 N–H and O–H groups in total. The molecule has 0 aliphatic rings. The van der Waals surface area contributed by atoms with Gasteiger partial charge in [0, 0.05) is 18.4 Å². The van der Waals surface area contributed by atoms with Gasteiger partial charge < -0.3 is 11.1 Å². The number of nitrogens with zero attached hydrogens (tertiary/aromatic N) is 1. The fourth-order valence-electron chi connectivity index (χ4n) is 1.46. The summed E-state index contributed by atoms with van der Waals surface area (Å²) in [6, 6.07) is 5.55. The highest BCUT2D eigenvalue weighted by molar-refractivity contribution is 5.78. The summed E-state index contributed by atoms with van der Waals surface area (Å²) in [6.07, 6.45) is 1.98. The highest BCUT2D eigenvalue weighted by atomic mass is 16.1. The van der Waals surface area contributed by atoms with Crippen LogP contribution in [0.15, 0.2) is 24.4 Å².